The smallest absolute Gasteiger partial charge is 0.243 e. The highest BCUT2D eigenvalue weighted by Crippen LogP contribution is 2.22. The number of nitrogens with one attached hydrogen (secondary N) is 2. The summed E-state index contributed by atoms with van der Waals surface area (Å²) in [6.45, 7) is 0.361. The molecule has 6 nitrogen and oxygen atoms in total. The van der Waals surface area contributed by atoms with Crippen LogP contribution in [0.2, 0.25) is 0 Å². The number of benzene rings is 2. The minimum Gasteiger partial charge on any atom is -0.303 e. The van der Waals surface area contributed by atoms with Gasteiger partial charge >= 0.3 is 0 Å². The molecule has 1 heterocycles. The molecule has 0 aliphatic carbocycles. The molecule has 4 N–H and O–H groups in total. The predicted octanol–water partition coefficient (Wildman–Crippen LogP) is 1.55. The van der Waals surface area contributed by atoms with Crippen LogP contribution in [-0.4, -0.2) is 19.7 Å². The van der Waals surface area contributed by atoms with Crippen LogP contribution in [0.5, 0.6) is 0 Å². The topological polar surface area (TPSA) is 97.1 Å². The number of nitrogens with zero attached hydrogens (tertiary/aromatic N) is 1. The van der Waals surface area contributed by atoms with Crippen molar-refractivity contribution in [3.8, 4) is 0 Å². The second kappa shape index (κ2) is 7.06. The second-order valence-electron chi connectivity index (χ2n) is 5.28. The molecule has 1 unspecified atom stereocenters. The number of rotatable bonds is 6. The van der Waals surface area contributed by atoms with E-state index in [0.717, 1.165) is 11.1 Å². The Morgan fingerprint density at radius 2 is 1.75 bits per heavy atom. The molecular weight excluding hydrogens is 324 g/mol. The first kappa shape index (κ1) is 16.5. The predicted molar refractivity (Wildman–Crippen MR) is 93.3 cm³/mol. The van der Waals surface area contributed by atoms with E-state index >= 15 is 0 Å². The van der Waals surface area contributed by atoms with Gasteiger partial charge in [-0.25, -0.2) is 8.42 Å². The average Bonchev–Trinajstić information content (AvgIpc) is 2.60. The summed E-state index contributed by atoms with van der Waals surface area (Å²) in [7, 11) is -3.75. The van der Waals surface area contributed by atoms with E-state index in [-0.39, 0.29) is 4.90 Å². The van der Waals surface area contributed by atoms with Gasteiger partial charge in [0.15, 0.2) is 0 Å². The summed E-state index contributed by atoms with van der Waals surface area (Å²) in [4.78, 5) is 4.36. The highest BCUT2D eigenvalue weighted by atomic mass is 32.2. The van der Waals surface area contributed by atoms with Crippen LogP contribution >= 0.6 is 0 Å². The number of aromatic nitrogens is 1. The van der Waals surface area contributed by atoms with E-state index < -0.39 is 16.3 Å². The monoisotopic (exact) mass is 342 g/mol. The van der Waals surface area contributed by atoms with E-state index in [1.54, 1.807) is 30.5 Å². The van der Waals surface area contributed by atoms with Crippen LogP contribution in [0.25, 0.3) is 10.8 Å². The molecule has 2 aromatic carbocycles. The van der Waals surface area contributed by atoms with Crippen LogP contribution in [0.15, 0.2) is 71.8 Å². The third-order valence-corrected chi connectivity index (χ3v) is 5.05. The lowest BCUT2D eigenvalue weighted by Crippen LogP contribution is -2.51. The number of sulfonamides is 1. The Kier molecular flexibility index (Phi) is 4.86. The van der Waals surface area contributed by atoms with Gasteiger partial charge in [-0.1, -0.05) is 42.5 Å². The summed E-state index contributed by atoms with van der Waals surface area (Å²) in [6.07, 6.45) is 0.749. The molecule has 0 amide bonds. The molecule has 1 atom stereocenters. The molecule has 0 radical (unpaired) electrons. The van der Waals surface area contributed by atoms with Crippen LogP contribution in [0.4, 0.5) is 0 Å². The van der Waals surface area contributed by atoms with Gasteiger partial charge in [0.25, 0.3) is 0 Å². The Balaban J connectivity index is 1.75. The average molecular weight is 342 g/mol. The van der Waals surface area contributed by atoms with E-state index in [9.17, 15) is 8.42 Å². The molecular formula is C17H18N4O2S. The van der Waals surface area contributed by atoms with Crippen LogP contribution in [-0.2, 0) is 16.6 Å². The van der Waals surface area contributed by atoms with Crippen LogP contribution in [0.1, 0.15) is 5.69 Å². The molecule has 124 valence electrons. The van der Waals surface area contributed by atoms with E-state index in [4.69, 9.17) is 5.73 Å². The Hall–Kier alpha value is -2.32. The molecule has 1 aromatic heterocycles. The first-order valence-electron chi connectivity index (χ1n) is 7.45. The largest absolute Gasteiger partial charge is 0.303 e. The van der Waals surface area contributed by atoms with E-state index in [2.05, 4.69) is 15.0 Å². The molecule has 0 bridgehead atoms. The highest BCUT2D eigenvalue weighted by molar-refractivity contribution is 7.89. The molecule has 0 saturated heterocycles. The molecule has 3 aromatic rings. The van der Waals surface area contributed by atoms with Gasteiger partial charge in [0.2, 0.25) is 10.0 Å². The Morgan fingerprint density at radius 3 is 2.54 bits per heavy atom. The van der Waals surface area contributed by atoms with E-state index in [1.165, 1.54) is 0 Å². The molecule has 24 heavy (non-hydrogen) atoms. The minimum absolute atomic E-state index is 0.204. The quantitative estimate of drug-likeness (QED) is 0.591. The third-order valence-electron chi connectivity index (χ3n) is 3.55. The molecule has 0 spiro atoms. The summed E-state index contributed by atoms with van der Waals surface area (Å²) in [5, 5.41) is 4.41. The van der Waals surface area contributed by atoms with Gasteiger partial charge < -0.3 is 5.73 Å². The standard InChI is InChI=1S/C17H18N4O2S/c18-17(20-12-14-8-3-4-11-19-14)21-24(22,23)16-10-5-7-13-6-1-2-9-15(13)16/h1-11,17,20-21H,12,18H2. The zero-order chi connectivity index (χ0) is 17.0. The summed E-state index contributed by atoms with van der Waals surface area (Å²) in [5.74, 6) is 0. The molecule has 0 fully saturated rings. The number of pyridine rings is 1. The maximum absolute atomic E-state index is 12.6. The zero-order valence-electron chi connectivity index (χ0n) is 12.9. The van der Waals surface area contributed by atoms with Crippen LogP contribution < -0.4 is 15.8 Å². The molecule has 0 aliphatic rings. The molecule has 0 saturated carbocycles. The zero-order valence-corrected chi connectivity index (χ0v) is 13.7. The lowest BCUT2D eigenvalue weighted by atomic mass is 10.1. The van der Waals surface area contributed by atoms with Crippen molar-refractivity contribution in [2.24, 2.45) is 5.73 Å². The van der Waals surface area contributed by atoms with Gasteiger partial charge in [0, 0.05) is 18.1 Å². The normalized spacial score (nSPS) is 13.0. The first-order valence-corrected chi connectivity index (χ1v) is 8.93. The van der Waals surface area contributed by atoms with E-state index in [1.807, 2.05) is 36.4 Å². The maximum Gasteiger partial charge on any atom is 0.243 e. The van der Waals surface area contributed by atoms with Gasteiger partial charge in [0.1, 0.15) is 6.29 Å². The molecule has 3 rings (SSSR count). The van der Waals surface area contributed by atoms with Gasteiger partial charge in [0.05, 0.1) is 10.6 Å². The number of hydrogen-bond acceptors (Lipinski definition) is 5. The van der Waals surface area contributed by atoms with Crippen LogP contribution in [0.3, 0.4) is 0 Å². The fourth-order valence-corrected chi connectivity index (χ4v) is 3.70. The summed E-state index contributed by atoms with van der Waals surface area (Å²) in [5.41, 5.74) is 6.64. The number of nitrogens with two attached hydrogens (primary N) is 1. The fourth-order valence-electron chi connectivity index (χ4n) is 2.42. The lowest BCUT2D eigenvalue weighted by molar-refractivity contribution is 0.483. The van der Waals surface area contributed by atoms with Crippen molar-refractivity contribution < 1.29 is 8.42 Å². The second-order valence-corrected chi connectivity index (χ2v) is 6.96. The van der Waals surface area contributed by atoms with Crippen molar-refractivity contribution in [3.63, 3.8) is 0 Å². The summed E-state index contributed by atoms with van der Waals surface area (Å²) in [6, 6.07) is 18.0. The maximum atomic E-state index is 12.6. The Morgan fingerprint density at radius 1 is 1.00 bits per heavy atom. The first-order chi connectivity index (χ1) is 11.6. The third kappa shape index (κ3) is 3.77. The molecule has 7 heteroatoms. The van der Waals surface area contributed by atoms with Crippen molar-refractivity contribution in [1.29, 1.82) is 0 Å². The molecule has 0 aliphatic heterocycles. The van der Waals surface area contributed by atoms with Crippen molar-refractivity contribution in [1.82, 2.24) is 15.0 Å². The van der Waals surface area contributed by atoms with E-state index in [0.29, 0.717) is 11.9 Å². The van der Waals surface area contributed by atoms with Crippen molar-refractivity contribution in [3.05, 3.63) is 72.6 Å². The summed E-state index contributed by atoms with van der Waals surface area (Å²) >= 11 is 0. The van der Waals surface area contributed by atoms with Crippen LogP contribution in [0, 0.1) is 0 Å². The lowest BCUT2D eigenvalue weighted by Gasteiger charge is -2.16. The highest BCUT2D eigenvalue weighted by Gasteiger charge is 2.19. The van der Waals surface area contributed by atoms with Crippen molar-refractivity contribution in [2.75, 3.05) is 0 Å². The van der Waals surface area contributed by atoms with Gasteiger partial charge in [-0.3, -0.25) is 10.3 Å². The Bertz CT molecular complexity index is 924. The SMILES string of the molecule is NC(NCc1ccccn1)NS(=O)(=O)c1cccc2ccccc12. The van der Waals surface area contributed by atoms with Crippen molar-refractivity contribution >= 4 is 20.8 Å². The van der Waals surface area contributed by atoms with Crippen molar-refractivity contribution in [2.45, 2.75) is 17.7 Å². The van der Waals surface area contributed by atoms with Gasteiger partial charge in [-0.2, -0.15) is 4.72 Å². The summed E-state index contributed by atoms with van der Waals surface area (Å²) < 4.78 is 27.7. The van der Waals surface area contributed by atoms with Gasteiger partial charge in [-0.15, -0.1) is 0 Å². The number of fused-ring (bicyclic) bond motifs is 1. The fraction of sp³-hybridized carbons (Fsp3) is 0.118. The Labute approximate surface area is 140 Å². The number of hydrogen-bond donors (Lipinski definition) is 3. The minimum atomic E-state index is -3.75. The van der Waals surface area contributed by atoms with Gasteiger partial charge in [-0.05, 0) is 23.6 Å².